The largest absolute Gasteiger partial charge is 0.298 e. The van der Waals surface area contributed by atoms with Crippen LogP contribution in [0.5, 0.6) is 0 Å². The van der Waals surface area contributed by atoms with Gasteiger partial charge in [-0.25, -0.2) is 13.4 Å². The molecule has 26 heavy (non-hydrogen) atoms. The van der Waals surface area contributed by atoms with E-state index in [4.69, 9.17) is 0 Å². The predicted octanol–water partition coefficient (Wildman–Crippen LogP) is 3.67. The fourth-order valence-electron chi connectivity index (χ4n) is 2.99. The van der Waals surface area contributed by atoms with E-state index >= 15 is 0 Å². The van der Waals surface area contributed by atoms with Gasteiger partial charge in [0.1, 0.15) is 0 Å². The minimum Gasteiger partial charge on any atom is -0.298 e. The van der Waals surface area contributed by atoms with Crippen LogP contribution in [0.15, 0.2) is 24.3 Å². The fraction of sp³-hybridized carbons (Fsp3) is 0.444. The van der Waals surface area contributed by atoms with Gasteiger partial charge in [0.15, 0.2) is 5.13 Å². The highest BCUT2D eigenvalue weighted by molar-refractivity contribution is 7.92. The Morgan fingerprint density at radius 2 is 2.19 bits per heavy atom. The van der Waals surface area contributed by atoms with Crippen molar-refractivity contribution in [1.29, 1.82) is 0 Å². The number of nitrogens with zero attached hydrogens (tertiary/aromatic N) is 1. The van der Waals surface area contributed by atoms with Gasteiger partial charge in [0, 0.05) is 16.1 Å². The lowest BCUT2D eigenvalue weighted by Gasteiger charge is -2.15. The van der Waals surface area contributed by atoms with Crippen molar-refractivity contribution in [2.45, 2.75) is 39.5 Å². The second kappa shape index (κ2) is 7.75. The third kappa shape index (κ3) is 4.62. The molecule has 8 heteroatoms. The van der Waals surface area contributed by atoms with Gasteiger partial charge in [0.2, 0.25) is 10.0 Å². The average Bonchev–Trinajstić information content (AvgIpc) is 2.95. The first-order valence-corrected chi connectivity index (χ1v) is 11.2. The van der Waals surface area contributed by atoms with E-state index in [1.807, 2.05) is 0 Å². The van der Waals surface area contributed by atoms with Crippen LogP contribution in [-0.4, -0.2) is 25.1 Å². The van der Waals surface area contributed by atoms with Crippen LogP contribution in [0.25, 0.3) is 0 Å². The number of sulfonamides is 1. The van der Waals surface area contributed by atoms with Gasteiger partial charge in [0.25, 0.3) is 5.91 Å². The molecular formula is C18H23N3O3S2. The summed E-state index contributed by atoms with van der Waals surface area (Å²) in [7, 11) is -3.39. The number of hydrogen-bond acceptors (Lipinski definition) is 5. The van der Waals surface area contributed by atoms with E-state index in [0.29, 0.717) is 28.7 Å². The summed E-state index contributed by atoms with van der Waals surface area (Å²) in [4.78, 5) is 18.3. The zero-order valence-corrected chi connectivity index (χ0v) is 16.5. The van der Waals surface area contributed by atoms with Gasteiger partial charge in [-0.3, -0.25) is 14.8 Å². The number of carbonyl (C=O) groups is 1. The number of rotatable bonds is 6. The Labute approximate surface area is 158 Å². The Morgan fingerprint density at radius 3 is 2.96 bits per heavy atom. The number of nitrogens with one attached hydrogen (secondary N) is 2. The third-order valence-corrected chi connectivity index (χ3v) is 6.81. The number of benzene rings is 1. The molecule has 0 spiro atoms. The van der Waals surface area contributed by atoms with Crippen LogP contribution in [0.4, 0.5) is 10.8 Å². The molecule has 0 saturated carbocycles. The van der Waals surface area contributed by atoms with Crippen LogP contribution < -0.4 is 10.0 Å². The molecule has 3 rings (SSSR count). The van der Waals surface area contributed by atoms with E-state index in [1.54, 1.807) is 25.1 Å². The van der Waals surface area contributed by atoms with Gasteiger partial charge < -0.3 is 0 Å². The van der Waals surface area contributed by atoms with Crippen LogP contribution in [-0.2, 0) is 22.9 Å². The molecule has 0 unspecified atom stereocenters. The highest BCUT2D eigenvalue weighted by Gasteiger charge is 2.21. The lowest BCUT2D eigenvalue weighted by atomic mass is 9.93. The van der Waals surface area contributed by atoms with E-state index in [-0.39, 0.29) is 11.7 Å². The maximum absolute atomic E-state index is 12.5. The summed E-state index contributed by atoms with van der Waals surface area (Å²) in [6, 6.07) is 6.49. The Kier molecular flexibility index (Phi) is 5.62. The van der Waals surface area contributed by atoms with E-state index in [0.717, 1.165) is 25.0 Å². The van der Waals surface area contributed by atoms with Gasteiger partial charge in [-0.2, -0.15) is 0 Å². The maximum atomic E-state index is 12.5. The molecule has 0 radical (unpaired) electrons. The second-order valence-electron chi connectivity index (χ2n) is 6.69. The Hall–Kier alpha value is -1.93. The molecule has 0 aliphatic heterocycles. The average molecular weight is 394 g/mol. The molecule has 1 aromatic heterocycles. The number of hydrogen-bond donors (Lipinski definition) is 2. The number of aromatic nitrogens is 1. The number of aryl methyl sites for hydroxylation is 1. The first kappa shape index (κ1) is 18.8. The van der Waals surface area contributed by atoms with Gasteiger partial charge >= 0.3 is 0 Å². The number of fused-ring (bicyclic) bond motifs is 1. The highest BCUT2D eigenvalue weighted by Crippen LogP contribution is 2.32. The quantitative estimate of drug-likeness (QED) is 0.784. The zero-order valence-electron chi connectivity index (χ0n) is 14.9. The smallest absolute Gasteiger partial charge is 0.257 e. The van der Waals surface area contributed by atoms with Crippen molar-refractivity contribution >= 4 is 38.1 Å². The van der Waals surface area contributed by atoms with Gasteiger partial charge in [-0.1, -0.05) is 19.9 Å². The summed E-state index contributed by atoms with van der Waals surface area (Å²) < 4.78 is 26.3. The molecule has 0 saturated heterocycles. The number of anilines is 2. The number of thiazole rings is 1. The summed E-state index contributed by atoms with van der Waals surface area (Å²) in [5.41, 5.74) is 1.87. The molecule has 1 atom stereocenters. The minimum absolute atomic E-state index is 0.0481. The number of amides is 1. The first-order valence-electron chi connectivity index (χ1n) is 8.77. The molecule has 1 heterocycles. The molecule has 1 aliphatic rings. The summed E-state index contributed by atoms with van der Waals surface area (Å²) in [5.74, 6) is 0.409. The topological polar surface area (TPSA) is 88.2 Å². The maximum Gasteiger partial charge on any atom is 0.257 e. The molecular weight excluding hydrogens is 370 g/mol. The fourth-order valence-corrected chi connectivity index (χ4v) is 5.28. The molecule has 140 valence electrons. The Bertz CT molecular complexity index is 906. The first-order chi connectivity index (χ1) is 12.4. The molecule has 6 nitrogen and oxygen atoms in total. The van der Waals surface area contributed by atoms with E-state index < -0.39 is 10.0 Å². The van der Waals surface area contributed by atoms with Crippen molar-refractivity contribution < 1.29 is 13.2 Å². The van der Waals surface area contributed by atoms with Crippen LogP contribution in [0, 0.1) is 5.92 Å². The third-order valence-electron chi connectivity index (χ3n) is 4.28. The van der Waals surface area contributed by atoms with Crippen LogP contribution in [0.2, 0.25) is 0 Å². The predicted molar refractivity (Wildman–Crippen MR) is 105 cm³/mol. The molecule has 1 amide bonds. The molecule has 0 fully saturated rings. The number of carbonyl (C=O) groups excluding carboxylic acids is 1. The molecule has 0 bridgehead atoms. The van der Waals surface area contributed by atoms with Gasteiger partial charge in [-0.15, -0.1) is 11.3 Å². The van der Waals surface area contributed by atoms with Crippen molar-refractivity contribution in [1.82, 2.24) is 4.98 Å². The second-order valence-corrected chi connectivity index (χ2v) is 9.62. The molecule has 1 aliphatic carbocycles. The lowest BCUT2D eigenvalue weighted by Crippen LogP contribution is -2.17. The minimum atomic E-state index is -3.39. The highest BCUT2D eigenvalue weighted by atomic mass is 32.2. The summed E-state index contributed by atoms with van der Waals surface area (Å²) >= 11 is 1.53. The molecule has 1 aromatic carbocycles. The molecule has 2 aromatic rings. The van der Waals surface area contributed by atoms with Crippen molar-refractivity contribution in [3.05, 3.63) is 40.4 Å². The van der Waals surface area contributed by atoms with E-state index in [1.165, 1.54) is 22.3 Å². The van der Waals surface area contributed by atoms with Crippen LogP contribution in [0.3, 0.4) is 0 Å². The zero-order chi connectivity index (χ0) is 18.7. The monoisotopic (exact) mass is 393 g/mol. The van der Waals surface area contributed by atoms with Crippen molar-refractivity contribution in [3.63, 3.8) is 0 Å². The normalized spacial score (nSPS) is 16.8. The Morgan fingerprint density at radius 1 is 1.38 bits per heavy atom. The molecule has 2 N–H and O–H groups in total. The van der Waals surface area contributed by atoms with E-state index in [2.05, 4.69) is 21.9 Å². The van der Waals surface area contributed by atoms with Gasteiger partial charge in [-0.05, 0) is 49.8 Å². The van der Waals surface area contributed by atoms with Crippen LogP contribution >= 0.6 is 11.3 Å². The van der Waals surface area contributed by atoms with Crippen molar-refractivity contribution in [2.75, 3.05) is 15.8 Å². The SMILES string of the molecule is CCCS(=O)(=O)Nc1cccc(C(=O)Nc2nc3c(s2)C[C@@H](C)CC3)c1. The van der Waals surface area contributed by atoms with Crippen molar-refractivity contribution in [2.24, 2.45) is 5.92 Å². The summed E-state index contributed by atoms with van der Waals surface area (Å²) in [6.07, 6.45) is 3.63. The Balaban J connectivity index is 1.71. The summed E-state index contributed by atoms with van der Waals surface area (Å²) in [5, 5.41) is 3.44. The summed E-state index contributed by atoms with van der Waals surface area (Å²) in [6.45, 7) is 4.03. The van der Waals surface area contributed by atoms with Crippen molar-refractivity contribution in [3.8, 4) is 0 Å². The standard InChI is InChI=1S/C18H23N3O3S2/c1-3-9-26(23,24)21-14-6-4-5-13(11-14)17(22)20-18-19-15-8-7-12(2)10-16(15)25-18/h4-6,11-12,21H,3,7-10H2,1-2H3,(H,19,20,22)/t12-/m0/s1. The van der Waals surface area contributed by atoms with Crippen LogP contribution in [0.1, 0.15) is 47.6 Å². The van der Waals surface area contributed by atoms with Gasteiger partial charge in [0.05, 0.1) is 11.4 Å². The van der Waals surface area contributed by atoms with E-state index in [9.17, 15) is 13.2 Å². The lowest BCUT2D eigenvalue weighted by molar-refractivity contribution is 0.102.